The van der Waals surface area contributed by atoms with Crippen molar-refractivity contribution in [2.75, 3.05) is 7.11 Å². The average Bonchev–Trinajstić information content (AvgIpc) is 2.33. The molecule has 0 spiro atoms. The van der Waals surface area contributed by atoms with Gasteiger partial charge in [0, 0.05) is 22.6 Å². The fourth-order valence-electron chi connectivity index (χ4n) is 2.14. The summed E-state index contributed by atoms with van der Waals surface area (Å²) in [6, 6.07) is 0. The van der Waals surface area contributed by atoms with Gasteiger partial charge in [-0.3, -0.25) is 4.79 Å². The molecule has 0 fully saturated rings. The zero-order chi connectivity index (χ0) is 15.0. The van der Waals surface area contributed by atoms with Gasteiger partial charge in [-0.15, -0.1) is 34.8 Å². The predicted molar refractivity (Wildman–Crippen MR) is 83.4 cm³/mol. The van der Waals surface area contributed by atoms with Gasteiger partial charge in [0.05, 0.1) is 7.11 Å². The molecule has 0 N–H and O–H groups in total. The van der Waals surface area contributed by atoms with E-state index < -0.39 is 0 Å². The summed E-state index contributed by atoms with van der Waals surface area (Å²) in [4.78, 5) is 11.1. The van der Waals surface area contributed by atoms with Gasteiger partial charge in [0.2, 0.25) is 0 Å². The molecule has 0 radical (unpaired) electrons. The molecule has 0 aromatic heterocycles. The lowest BCUT2D eigenvalue weighted by atomic mass is 9.83. The highest BCUT2D eigenvalue weighted by Crippen LogP contribution is 2.31. The van der Waals surface area contributed by atoms with Crippen LogP contribution in [0, 0.1) is 11.8 Å². The molecular weight excluding hydrogens is 307 g/mol. The Morgan fingerprint density at radius 3 is 2.11 bits per heavy atom. The third-order valence-electron chi connectivity index (χ3n) is 3.54. The first-order valence-corrected chi connectivity index (χ1v) is 8.07. The molecule has 0 rings (SSSR count). The SMILES string of the molecule is COC(=O)CCC(Cl)CC(CC(C)Cl)C(C)C(C)Cl. The van der Waals surface area contributed by atoms with Gasteiger partial charge >= 0.3 is 5.97 Å². The number of hydrogen-bond donors (Lipinski definition) is 0. The molecule has 0 aromatic carbocycles. The van der Waals surface area contributed by atoms with Crippen LogP contribution in [-0.2, 0) is 9.53 Å². The second-order valence-corrected chi connectivity index (χ2v) is 7.31. The Labute approximate surface area is 132 Å². The maximum Gasteiger partial charge on any atom is 0.305 e. The Bertz CT molecular complexity index is 257. The molecule has 0 amide bonds. The van der Waals surface area contributed by atoms with Gasteiger partial charge in [-0.05, 0) is 44.9 Å². The van der Waals surface area contributed by atoms with Gasteiger partial charge in [0.25, 0.3) is 0 Å². The zero-order valence-electron chi connectivity index (χ0n) is 12.2. The van der Waals surface area contributed by atoms with Gasteiger partial charge in [-0.1, -0.05) is 6.92 Å². The van der Waals surface area contributed by atoms with E-state index in [1.807, 2.05) is 13.8 Å². The molecule has 0 bridgehead atoms. The number of methoxy groups -OCH3 is 1. The minimum atomic E-state index is -0.216. The molecular formula is C14H25Cl3O2. The Morgan fingerprint density at radius 2 is 1.68 bits per heavy atom. The van der Waals surface area contributed by atoms with E-state index in [1.165, 1.54) is 7.11 Å². The van der Waals surface area contributed by atoms with Crippen LogP contribution in [0.4, 0.5) is 0 Å². The Kier molecular flexibility index (Phi) is 10.3. The maximum atomic E-state index is 11.1. The lowest BCUT2D eigenvalue weighted by Crippen LogP contribution is -2.24. The van der Waals surface area contributed by atoms with Crippen LogP contribution in [0.2, 0.25) is 0 Å². The minimum Gasteiger partial charge on any atom is -0.469 e. The van der Waals surface area contributed by atoms with E-state index in [0.717, 1.165) is 12.8 Å². The fraction of sp³-hybridized carbons (Fsp3) is 0.929. The van der Waals surface area contributed by atoms with Crippen LogP contribution in [0.3, 0.4) is 0 Å². The first-order chi connectivity index (χ1) is 8.77. The van der Waals surface area contributed by atoms with E-state index in [2.05, 4.69) is 11.7 Å². The number of rotatable bonds is 9. The van der Waals surface area contributed by atoms with Crippen molar-refractivity contribution in [2.45, 2.75) is 62.6 Å². The number of esters is 1. The second-order valence-electron chi connectivity index (χ2n) is 5.26. The van der Waals surface area contributed by atoms with Gasteiger partial charge in [0.15, 0.2) is 0 Å². The summed E-state index contributed by atoms with van der Waals surface area (Å²) >= 11 is 18.6. The molecule has 0 heterocycles. The molecule has 0 saturated heterocycles. The highest BCUT2D eigenvalue weighted by Gasteiger charge is 2.25. The summed E-state index contributed by atoms with van der Waals surface area (Å²) < 4.78 is 4.62. The summed E-state index contributed by atoms with van der Waals surface area (Å²) in [6.45, 7) is 6.11. The van der Waals surface area contributed by atoms with Crippen molar-refractivity contribution in [2.24, 2.45) is 11.8 Å². The van der Waals surface area contributed by atoms with Crippen LogP contribution in [0.25, 0.3) is 0 Å². The smallest absolute Gasteiger partial charge is 0.305 e. The van der Waals surface area contributed by atoms with Crippen molar-refractivity contribution in [3.63, 3.8) is 0 Å². The third-order valence-corrected chi connectivity index (χ3v) is 4.52. The van der Waals surface area contributed by atoms with Crippen LogP contribution in [-0.4, -0.2) is 29.2 Å². The Hall–Kier alpha value is 0.340. The largest absolute Gasteiger partial charge is 0.469 e. The van der Waals surface area contributed by atoms with Crippen molar-refractivity contribution in [3.05, 3.63) is 0 Å². The van der Waals surface area contributed by atoms with Crippen molar-refractivity contribution in [3.8, 4) is 0 Å². The van der Waals surface area contributed by atoms with Crippen molar-refractivity contribution < 1.29 is 9.53 Å². The molecule has 0 aliphatic carbocycles. The van der Waals surface area contributed by atoms with Gasteiger partial charge in [-0.2, -0.15) is 0 Å². The number of halogens is 3. The maximum absolute atomic E-state index is 11.1. The first kappa shape index (κ1) is 19.3. The standard InChI is InChI=1S/C14H25Cl3O2/c1-9(15)7-12(10(2)11(3)16)8-13(17)5-6-14(18)19-4/h9-13H,5-8H2,1-4H3. The first-order valence-electron chi connectivity index (χ1n) is 6.76. The Balaban J connectivity index is 4.33. The Morgan fingerprint density at radius 1 is 1.11 bits per heavy atom. The van der Waals surface area contributed by atoms with E-state index in [1.54, 1.807) is 0 Å². The monoisotopic (exact) mass is 330 g/mol. The van der Waals surface area contributed by atoms with E-state index in [9.17, 15) is 4.79 Å². The molecule has 5 heteroatoms. The number of ether oxygens (including phenoxy) is 1. The molecule has 5 atom stereocenters. The van der Waals surface area contributed by atoms with E-state index in [0.29, 0.717) is 24.7 Å². The molecule has 0 aliphatic heterocycles. The minimum absolute atomic E-state index is 0.0441. The lowest BCUT2D eigenvalue weighted by Gasteiger charge is -2.28. The van der Waals surface area contributed by atoms with Crippen LogP contribution in [0.5, 0.6) is 0 Å². The highest BCUT2D eigenvalue weighted by atomic mass is 35.5. The van der Waals surface area contributed by atoms with Crippen LogP contribution < -0.4 is 0 Å². The van der Waals surface area contributed by atoms with E-state index in [-0.39, 0.29) is 22.1 Å². The number of hydrogen-bond acceptors (Lipinski definition) is 2. The summed E-state index contributed by atoms with van der Waals surface area (Å²) in [6.07, 6.45) is 2.71. The highest BCUT2D eigenvalue weighted by molar-refractivity contribution is 6.21. The summed E-state index contributed by atoms with van der Waals surface area (Å²) in [5.74, 6) is 0.508. The van der Waals surface area contributed by atoms with Crippen LogP contribution in [0.15, 0.2) is 0 Å². The van der Waals surface area contributed by atoms with Gasteiger partial charge in [0.1, 0.15) is 0 Å². The average molecular weight is 332 g/mol. The number of alkyl halides is 3. The molecule has 114 valence electrons. The van der Waals surface area contributed by atoms with Gasteiger partial charge < -0.3 is 4.74 Å². The van der Waals surface area contributed by atoms with Crippen LogP contribution in [0.1, 0.15) is 46.5 Å². The summed E-state index contributed by atoms with van der Waals surface area (Å²) in [7, 11) is 1.39. The predicted octanol–water partition coefficient (Wildman–Crippen LogP) is 4.83. The fourth-order valence-corrected chi connectivity index (χ4v) is 2.91. The number of carbonyl (C=O) groups excluding carboxylic acids is 1. The molecule has 0 aliphatic rings. The van der Waals surface area contributed by atoms with Gasteiger partial charge in [-0.25, -0.2) is 0 Å². The molecule has 0 saturated carbocycles. The zero-order valence-corrected chi connectivity index (χ0v) is 14.4. The normalized spacial score (nSPS) is 19.3. The molecule has 19 heavy (non-hydrogen) atoms. The lowest BCUT2D eigenvalue weighted by molar-refractivity contribution is -0.140. The topological polar surface area (TPSA) is 26.3 Å². The molecule has 2 nitrogen and oxygen atoms in total. The van der Waals surface area contributed by atoms with Crippen molar-refractivity contribution in [1.29, 1.82) is 0 Å². The van der Waals surface area contributed by atoms with E-state index in [4.69, 9.17) is 34.8 Å². The molecule has 5 unspecified atom stereocenters. The van der Waals surface area contributed by atoms with E-state index >= 15 is 0 Å². The van der Waals surface area contributed by atoms with Crippen LogP contribution >= 0.6 is 34.8 Å². The number of carbonyl (C=O) groups is 1. The summed E-state index contributed by atoms with van der Waals surface area (Å²) in [5, 5.41) is 0.148. The van der Waals surface area contributed by atoms with Crippen molar-refractivity contribution in [1.82, 2.24) is 0 Å². The second kappa shape index (κ2) is 10.1. The molecule has 0 aromatic rings. The summed E-state index contributed by atoms with van der Waals surface area (Å²) in [5.41, 5.74) is 0. The quantitative estimate of drug-likeness (QED) is 0.446. The third kappa shape index (κ3) is 8.99. The van der Waals surface area contributed by atoms with Crippen molar-refractivity contribution >= 4 is 40.8 Å².